The van der Waals surface area contributed by atoms with Crippen molar-refractivity contribution in [2.75, 3.05) is 40.3 Å². The topological polar surface area (TPSA) is 18.5 Å². The van der Waals surface area contributed by atoms with Crippen molar-refractivity contribution in [2.24, 2.45) is 5.92 Å². The van der Waals surface area contributed by atoms with Crippen molar-refractivity contribution >= 4 is 0 Å². The van der Waals surface area contributed by atoms with Gasteiger partial charge in [0.1, 0.15) is 0 Å². The van der Waals surface area contributed by atoms with Crippen LogP contribution < -0.4 is 5.32 Å². The van der Waals surface area contributed by atoms with Crippen LogP contribution in [-0.4, -0.2) is 62.2 Å². The number of likely N-dealkylation sites (tertiary alicyclic amines) is 1. The van der Waals surface area contributed by atoms with Crippen LogP contribution in [0.25, 0.3) is 0 Å². The predicted octanol–water partition coefficient (Wildman–Crippen LogP) is 2.82. The Morgan fingerprint density at radius 1 is 1.10 bits per heavy atom. The summed E-state index contributed by atoms with van der Waals surface area (Å²) < 4.78 is 0. The Morgan fingerprint density at radius 3 is 2.15 bits per heavy atom. The normalized spacial score (nSPS) is 19.9. The van der Waals surface area contributed by atoms with Crippen molar-refractivity contribution in [3.05, 3.63) is 0 Å². The molecule has 3 nitrogen and oxygen atoms in total. The first-order valence-electron chi connectivity index (χ1n) is 8.74. The van der Waals surface area contributed by atoms with E-state index in [0.29, 0.717) is 6.04 Å². The van der Waals surface area contributed by atoms with E-state index in [2.05, 4.69) is 50.0 Å². The zero-order chi connectivity index (χ0) is 15.0. The third kappa shape index (κ3) is 5.71. The van der Waals surface area contributed by atoms with Gasteiger partial charge in [-0.2, -0.15) is 0 Å². The minimum absolute atomic E-state index is 0.679. The summed E-state index contributed by atoms with van der Waals surface area (Å²) in [5.74, 6) is 0.817. The Bertz CT molecular complexity index is 230. The monoisotopic (exact) mass is 283 g/mol. The van der Waals surface area contributed by atoms with Crippen LogP contribution in [0.3, 0.4) is 0 Å². The molecule has 1 N–H and O–H groups in total. The third-order valence-corrected chi connectivity index (χ3v) is 5.00. The molecule has 1 heterocycles. The Balaban J connectivity index is 2.33. The molecule has 0 saturated carbocycles. The molecule has 0 amide bonds. The largest absolute Gasteiger partial charge is 0.312 e. The van der Waals surface area contributed by atoms with Gasteiger partial charge in [0.2, 0.25) is 0 Å². The standard InChI is InChI=1S/C17H37N3/c1-6-11-20-12-9-16(10-13-20)18-14-17(19(4)5)15(7-2)8-3/h15-18H,6-14H2,1-5H3. The molecule has 120 valence electrons. The van der Waals surface area contributed by atoms with E-state index in [4.69, 9.17) is 0 Å². The summed E-state index contributed by atoms with van der Waals surface area (Å²) in [5.41, 5.74) is 0. The summed E-state index contributed by atoms with van der Waals surface area (Å²) in [6, 6.07) is 1.42. The minimum atomic E-state index is 0.679. The Labute approximate surface area is 127 Å². The molecular formula is C17H37N3. The molecule has 0 aliphatic carbocycles. The number of hydrogen-bond donors (Lipinski definition) is 1. The number of nitrogens with one attached hydrogen (secondary N) is 1. The first-order valence-corrected chi connectivity index (χ1v) is 8.74. The van der Waals surface area contributed by atoms with Crippen LogP contribution in [0.4, 0.5) is 0 Å². The van der Waals surface area contributed by atoms with Crippen LogP contribution in [0.2, 0.25) is 0 Å². The molecule has 3 heteroatoms. The van der Waals surface area contributed by atoms with Gasteiger partial charge in [0.05, 0.1) is 0 Å². The summed E-state index contributed by atoms with van der Waals surface area (Å²) in [5, 5.41) is 3.85. The van der Waals surface area contributed by atoms with Gasteiger partial charge in [0.15, 0.2) is 0 Å². The van der Waals surface area contributed by atoms with Crippen molar-refractivity contribution in [2.45, 2.75) is 65.0 Å². The van der Waals surface area contributed by atoms with E-state index < -0.39 is 0 Å². The maximum absolute atomic E-state index is 3.85. The molecule has 1 aliphatic rings. The molecule has 0 bridgehead atoms. The van der Waals surface area contributed by atoms with Gasteiger partial charge in [0.25, 0.3) is 0 Å². The van der Waals surface area contributed by atoms with Gasteiger partial charge in [-0.05, 0) is 58.9 Å². The summed E-state index contributed by atoms with van der Waals surface area (Å²) in [6.07, 6.45) is 6.51. The molecule has 0 spiro atoms. The highest BCUT2D eigenvalue weighted by Gasteiger charge is 2.23. The number of hydrogen-bond acceptors (Lipinski definition) is 3. The van der Waals surface area contributed by atoms with Gasteiger partial charge in [-0.1, -0.05) is 33.6 Å². The molecule has 1 atom stereocenters. The number of rotatable bonds is 9. The van der Waals surface area contributed by atoms with Gasteiger partial charge in [-0.3, -0.25) is 0 Å². The summed E-state index contributed by atoms with van der Waals surface area (Å²) in [7, 11) is 4.46. The highest BCUT2D eigenvalue weighted by atomic mass is 15.2. The third-order valence-electron chi connectivity index (χ3n) is 5.00. The molecule has 0 aromatic carbocycles. The highest BCUT2D eigenvalue weighted by molar-refractivity contribution is 4.82. The zero-order valence-electron chi connectivity index (χ0n) is 14.5. The predicted molar refractivity (Wildman–Crippen MR) is 89.3 cm³/mol. The van der Waals surface area contributed by atoms with E-state index in [1.165, 1.54) is 51.7 Å². The maximum atomic E-state index is 3.85. The Morgan fingerprint density at radius 2 is 1.70 bits per heavy atom. The van der Waals surface area contributed by atoms with Crippen LogP contribution in [0, 0.1) is 5.92 Å². The average Bonchev–Trinajstić information content (AvgIpc) is 2.45. The van der Waals surface area contributed by atoms with Crippen molar-refractivity contribution in [1.29, 1.82) is 0 Å². The first kappa shape index (κ1) is 17.9. The van der Waals surface area contributed by atoms with Crippen molar-refractivity contribution < 1.29 is 0 Å². The first-order chi connectivity index (χ1) is 9.62. The van der Waals surface area contributed by atoms with E-state index in [0.717, 1.165) is 18.5 Å². The van der Waals surface area contributed by atoms with Crippen molar-refractivity contribution in [1.82, 2.24) is 15.1 Å². The number of piperidine rings is 1. The van der Waals surface area contributed by atoms with Gasteiger partial charge in [0, 0.05) is 18.6 Å². The molecule has 1 unspecified atom stereocenters. The van der Waals surface area contributed by atoms with E-state index >= 15 is 0 Å². The number of likely N-dealkylation sites (N-methyl/N-ethyl adjacent to an activating group) is 1. The van der Waals surface area contributed by atoms with Gasteiger partial charge >= 0.3 is 0 Å². The highest BCUT2D eigenvalue weighted by Crippen LogP contribution is 2.17. The van der Waals surface area contributed by atoms with E-state index in [-0.39, 0.29) is 0 Å². The van der Waals surface area contributed by atoms with Crippen LogP contribution in [-0.2, 0) is 0 Å². The van der Waals surface area contributed by atoms with E-state index in [1.54, 1.807) is 0 Å². The van der Waals surface area contributed by atoms with Crippen molar-refractivity contribution in [3.8, 4) is 0 Å². The fraction of sp³-hybridized carbons (Fsp3) is 1.00. The quantitative estimate of drug-likeness (QED) is 0.702. The average molecular weight is 284 g/mol. The van der Waals surface area contributed by atoms with Crippen LogP contribution >= 0.6 is 0 Å². The number of nitrogens with zero attached hydrogens (tertiary/aromatic N) is 2. The Kier molecular flexibility index (Phi) is 8.74. The SMILES string of the molecule is CCCN1CCC(NCC(C(CC)CC)N(C)C)CC1. The molecule has 0 aromatic heterocycles. The van der Waals surface area contributed by atoms with Crippen LogP contribution in [0.5, 0.6) is 0 Å². The molecule has 1 fully saturated rings. The molecule has 0 radical (unpaired) electrons. The van der Waals surface area contributed by atoms with E-state index in [9.17, 15) is 0 Å². The summed E-state index contributed by atoms with van der Waals surface area (Å²) in [4.78, 5) is 5.03. The molecule has 1 saturated heterocycles. The van der Waals surface area contributed by atoms with Gasteiger partial charge in [-0.25, -0.2) is 0 Å². The van der Waals surface area contributed by atoms with Crippen LogP contribution in [0.1, 0.15) is 52.9 Å². The lowest BCUT2D eigenvalue weighted by molar-refractivity contribution is 0.165. The minimum Gasteiger partial charge on any atom is -0.312 e. The molecule has 20 heavy (non-hydrogen) atoms. The smallest absolute Gasteiger partial charge is 0.0242 e. The molecular weight excluding hydrogens is 246 g/mol. The maximum Gasteiger partial charge on any atom is 0.0242 e. The second kappa shape index (κ2) is 9.75. The summed E-state index contributed by atoms with van der Waals surface area (Å²) in [6.45, 7) is 11.9. The Hall–Kier alpha value is -0.120. The molecule has 0 aromatic rings. The van der Waals surface area contributed by atoms with Gasteiger partial charge in [-0.15, -0.1) is 0 Å². The molecule has 1 rings (SSSR count). The lowest BCUT2D eigenvalue weighted by atomic mass is 9.92. The van der Waals surface area contributed by atoms with E-state index in [1.807, 2.05) is 0 Å². The lowest BCUT2D eigenvalue weighted by Crippen LogP contribution is -2.49. The fourth-order valence-corrected chi connectivity index (χ4v) is 3.57. The lowest BCUT2D eigenvalue weighted by Gasteiger charge is -2.36. The summed E-state index contributed by atoms with van der Waals surface area (Å²) >= 11 is 0. The zero-order valence-corrected chi connectivity index (χ0v) is 14.5. The van der Waals surface area contributed by atoms with Crippen molar-refractivity contribution in [3.63, 3.8) is 0 Å². The second-order valence-electron chi connectivity index (χ2n) is 6.63. The fourth-order valence-electron chi connectivity index (χ4n) is 3.57. The van der Waals surface area contributed by atoms with Crippen LogP contribution in [0.15, 0.2) is 0 Å². The second-order valence-corrected chi connectivity index (χ2v) is 6.63. The molecule has 1 aliphatic heterocycles. The van der Waals surface area contributed by atoms with Gasteiger partial charge < -0.3 is 15.1 Å².